The number of hydrogen-bond acceptors (Lipinski definition) is 4. The largest absolute Gasteiger partial charge is 0.490 e. The molecule has 1 atom stereocenters. The van der Waals surface area contributed by atoms with Crippen LogP contribution in [0.4, 0.5) is 24.5 Å². The lowest BCUT2D eigenvalue weighted by atomic mass is 9.95. The van der Waals surface area contributed by atoms with Crippen LogP contribution in [0, 0.1) is 0 Å². The molecular formula is C27H25F3N2O3S. The zero-order valence-electron chi connectivity index (χ0n) is 19.6. The zero-order valence-corrected chi connectivity index (χ0v) is 20.4. The molecular weight excluding hydrogens is 489 g/mol. The number of carbonyl (C=O) groups is 1. The molecule has 1 fully saturated rings. The molecule has 2 aliphatic rings. The van der Waals surface area contributed by atoms with Crippen molar-refractivity contribution in [2.24, 2.45) is 0 Å². The lowest BCUT2D eigenvalue weighted by molar-refractivity contribution is -0.160. The Balaban J connectivity index is 1.29. The third-order valence-corrected chi connectivity index (χ3v) is 7.75. The Bertz CT molecular complexity index is 1300. The molecule has 0 bridgehead atoms. The Kier molecular flexibility index (Phi) is 6.28. The molecule has 3 aromatic rings. The fraction of sp³-hybridized carbons (Fsp3) is 0.296. The van der Waals surface area contributed by atoms with E-state index in [1.54, 1.807) is 60.9 Å². The minimum absolute atomic E-state index is 0.131. The van der Waals surface area contributed by atoms with Gasteiger partial charge in [0.15, 0.2) is 0 Å². The van der Waals surface area contributed by atoms with Crippen molar-refractivity contribution in [3.63, 3.8) is 0 Å². The molecule has 0 aromatic heterocycles. The van der Waals surface area contributed by atoms with E-state index in [2.05, 4.69) is 5.32 Å². The van der Waals surface area contributed by atoms with Crippen LogP contribution in [0.5, 0.6) is 5.75 Å². The molecule has 1 aliphatic heterocycles. The summed E-state index contributed by atoms with van der Waals surface area (Å²) in [6, 6.07) is 19.0. The third kappa shape index (κ3) is 4.59. The van der Waals surface area contributed by atoms with Crippen LogP contribution in [-0.4, -0.2) is 35.7 Å². The Morgan fingerprint density at radius 1 is 1.06 bits per heavy atom. The summed E-state index contributed by atoms with van der Waals surface area (Å²) >= 11 is 0. The Hall–Kier alpha value is -3.33. The molecule has 5 rings (SSSR count). The molecule has 0 saturated heterocycles. The average molecular weight is 515 g/mol. The standard InChI is InChI=1S/C27H25F3N2O3S/c1-36(34)22-9-2-18(3-10-22)17-31-25(33)19-4-11-23-24(16-19)35-15-14-32(23)21-7-5-20(6-8-21)26(12-13-26)27(28,29)30/h2-11,16H,12-15,17H2,1H3,(H,31,33). The minimum Gasteiger partial charge on any atom is -0.490 e. The van der Waals surface area contributed by atoms with Crippen LogP contribution in [0.2, 0.25) is 0 Å². The number of amides is 1. The maximum absolute atomic E-state index is 13.5. The Morgan fingerprint density at radius 2 is 1.75 bits per heavy atom. The Labute approximate surface area is 209 Å². The van der Waals surface area contributed by atoms with Crippen molar-refractivity contribution in [3.8, 4) is 5.75 Å². The van der Waals surface area contributed by atoms with Crippen LogP contribution in [0.1, 0.15) is 34.3 Å². The third-order valence-electron chi connectivity index (χ3n) is 6.82. The molecule has 1 aliphatic carbocycles. The lowest BCUT2D eigenvalue weighted by Crippen LogP contribution is -2.30. The summed E-state index contributed by atoms with van der Waals surface area (Å²) in [7, 11) is -1.05. The van der Waals surface area contributed by atoms with E-state index in [1.165, 1.54) is 0 Å². The van der Waals surface area contributed by atoms with Gasteiger partial charge in [-0.15, -0.1) is 0 Å². The number of nitrogens with one attached hydrogen (secondary N) is 1. The SMILES string of the molecule is CS(=O)c1ccc(CNC(=O)c2ccc3c(c2)OCCN3c2ccc(C3(C(F)(F)F)CC3)cc2)cc1. The van der Waals surface area contributed by atoms with E-state index in [4.69, 9.17) is 4.74 Å². The van der Waals surface area contributed by atoms with Gasteiger partial charge < -0.3 is 15.0 Å². The van der Waals surface area contributed by atoms with Crippen molar-refractivity contribution in [1.82, 2.24) is 5.32 Å². The monoisotopic (exact) mass is 514 g/mol. The number of halogens is 3. The molecule has 1 heterocycles. The normalized spacial score (nSPS) is 17.1. The molecule has 0 radical (unpaired) electrons. The number of rotatable bonds is 6. The van der Waals surface area contributed by atoms with Crippen molar-refractivity contribution in [2.75, 3.05) is 24.3 Å². The molecule has 9 heteroatoms. The highest BCUT2D eigenvalue weighted by Gasteiger charge is 2.64. The fourth-order valence-corrected chi connectivity index (χ4v) is 5.05. The van der Waals surface area contributed by atoms with Crippen LogP contribution in [0.15, 0.2) is 71.6 Å². The van der Waals surface area contributed by atoms with Crippen LogP contribution in [0.25, 0.3) is 0 Å². The summed E-state index contributed by atoms with van der Waals surface area (Å²) in [5, 5.41) is 2.88. The van der Waals surface area contributed by atoms with Gasteiger partial charge in [0, 0.05) is 39.7 Å². The van der Waals surface area contributed by atoms with Gasteiger partial charge in [-0.05, 0) is 66.4 Å². The van der Waals surface area contributed by atoms with Crippen molar-refractivity contribution in [1.29, 1.82) is 0 Å². The number of alkyl halides is 3. The molecule has 1 saturated carbocycles. The highest BCUT2D eigenvalue weighted by atomic mass is 32.2. The molecule has 1 N–H and O–H groups in total. The number of benzene rings is 3. The van der Waals surface area contributed by atoms with Crippen LogP contribution in [-0.2, 0) is 22.8 Å². The van der Waals surface area contributed by atoms with E-state index in [0.29, 0.717) is 36.6 Å². The molecule has 3 aromatic carbocycles. The summed E-state index contributed by atoms with van der Waals surface area (Å²) in [6.45, 7) is 1.25. The van der Waals surface area contributed by atoms with Gasteiger partial charge in [-0.1, -0.05) is 24.3 Å². The molecule has 188 valence electrons. The highest BCUT2D eigenvalue weighted by Crippen LogP contribution is 2.59. The molecule has 36 heavy (non-hydrogen) atoms. The fourth-order valence-electron chi connectivity index (χ4n) is 4.53. The molecule has 0 spiro atoms. The summed E-state index contributed by atoms with van der Waals surface area (Å²) in [5.41, 5.74) is 1.46. The maximum atomic E-state index is 13.5. The zero-order chi connectivity index (χ0) is 25.5. The predicted molar refractivity (Wildman–Crippen MR) is 132 cm³/mol. The van der Waals surface area contributed by atoms with E-state index in [9.17, 15) is 22.2 Å². The van der Waals surface area contributed by atoms with Gasteiger partial charge in [0.05, 0.1) is 17.6 Å². The van der Waals surface area contributed by atoms with Crippen LogP contribution < -0.4 is 15.0 Å². The van der Waals surface area contributed by atoms with E-state index in [1.807, 2.05) is 17.0 Å². The average Bonchev–Trinajstić information content (AvgIpc) is 3.69. The predicted octanol–water partition coefficient (Wildman–Crippen LogP) is 5.48. The Morgan fingerprint density at radius 3 is 2.36 bits per heavy atom. The topological polar surface area (TPSA) is 58.6 Å². The number of fused-ring (bicyclic) bond motifs is 1. The number of nitrogens with zero attached hydrogens (tertiary/aromatic N) is 1. The summed E-state index contributed by atoms with van der Waals surface area (Å²) in [5.74, 6) is 0.287. The number of hydrogen-bond donors (Lipinski definition) is 1. The second-order valence-electron chi connectivity index (χ2n) is 9.09. The lowest BCUT2D eigenvalue weighted by Gasteiger charge is -2.32. The van der Waals surface area contributed by atoms with E-state index >= 15 is 0 Å². The second kappa shape index (κ2) is 9.28. The van der Waals surface area contributed by atoms with Crippen molar-refractivity contribution >= 4 is 28.1 Å². The van der Waals surface area contributed by atoms with Gasteiger partial charge in [-0.3, -0.25) is 9.00 Å². The molecule has 1 unspecified atom stereocenters. The first kappa shape index (κ1) is 24.4. The number of carbonyl (C=O) groups excluding carboxylic acids is 1. The van der Waals surface area contributed by atoms with E-state index in [-0.39, 0.29) is 18.7 Å². The van der Waals surface area contributed by atoms with Crippen molar-refractivity contribution in [3.05, 3.63) is 83.4 Å². The summed E-state index contributed by atoms with van der Waals surface area (Å²) in [4.78, 5) is 15.4. The number of ether oxygens (including phenoxy) is 1. The first-order chi connectivity index (χ1) is 17.2. The van der Waals surface area contributed by atoms with E-state index < -0.39 is 22.4 Å². The minimum atomic E-state index is -4.24. The number of anilines is 2. The van der Waals surface area contributed by atoms with E-state index in [0.717, 1.165) is 21.8 Å². The van der Waals surface area contributed by atoms with Gasteiger partial charge in [0.1, 0.15) is 12.4 Å². The second-order valence-corrected chi connectivity index (χ2v) is 10.5. The van der Waals surface area contributed by atoms with Crippen molar-refractivity contribution in [2.45, 2.75) is 35.9 Å². The van der Waals surface area contributed by atoms with Crippen LogP contribution in [0.3, 0.4) is 0 Å². The summed E-state index contributed by atoms with van der Waals surface area (Å²) in [6.07, 6.45) is -2.36. The highest BCUT2D eigenvalue weighted by molar-refractivity contribution is 7.84. The quantitative estimate of drug-likeness (QED) is 0.474. The maximum Gasteiger partial charge on any atom is 0.398 e. The van der Waals surface area contributed by atoms with Gasteiger partial charge in [-0.2, -0.15) is 13.2 Å². The van der Waals surface area contributed by atoms with Crippen LogP contribution >= 0.6 is 0 Å². The molecule has 1 amide bonds. The summed E-state index contributed by atoms with van der Waals surface area (Å²) < 4.78 is 57.7. The van der Waals surface area contributed by atoms with Gasteiger partial charge in [0.2, 0.25) is 0 Å². The first-order valence-electron chi connectivity index (χ1n) is 11.6. The van der Waals surface area contributed by atoms with Gasteiger partial charge >= 0.3 is 6.18 Å². The first-order valence-corrected chi connectivity index (χ1v) is 13.2. The van der Waals surface area contributed by atoms with Crippen molar-refractivity contribution < 1.29 is 26.9 Å². The molecule has 5 nitrogen and oxygen atoms in total. The van der Waals surface area contributed by atoms with Gasteiger partial charge in [-0.25, -0.2) is 0 Å². The smallest absolute Gasteiger partial charge is 0.398 e. The van der Waals surface area contributed by atoms with Gasteiger partial charge in [0.25, 0.3) is 5.91 Å².